The normalized spacial score (nSPS) is 15.0. The summed E-state index contributed by atoms with van der Waals surface area (Å²) in [6.07, 6.45) is 3.62. The standard InChI is InChI=1S/C18H20FNS/c1-11-8-18(16(12(2)20)10-17(11)19)21-15-7-6-13-4-3-5-14(13)9-15/h6-10,12H,3-5,20H2,1-2H3/t12-/m0/s1. The van der Waals surface area contributed by atoms with Crippen molar-refractivity contribution in [2.75, 3.05) is 0 Å². The minimum Gasteiger partial charge on any atom is -0.324 e. The van der Waals surface area contributed by atoms with Crippen LogP contribution in [0, 0.1) is 12.7 Å². The smallest absolute Gasteiger partial charge is 0.126 e. The molecule has 0 aliphatic heterocycles. The average molecular weight is 301 g/mol. The maximum atomic E-state index is 13.8. The Morgan fingerprint density at radius 1 is 1.14 bits per heavy atom. The van der Waals surface area contributed by atoms with E-state index in [4.69, 9.17) is 5.73 Å². The van der Waals surface area contributed by atoms with E-state index < -0.39 is 0 Å². The summed E-state index contributed by atoms with van der Waals surface area (Å²) in [6, 6.07) is 9.99. The van der Waals surface area contributed by atoms with E-state index in [0.29, 0.717) is 5.56 Å². The molecule has 0 unspecified atom stereocenters. The summed E-state index contributed by atoms with van der Waals surface area (Å²) in [7, 11) is 0. The van der Waals surface area contributed by atoms with E-state index in [0.717, 1.165) is 10.5 Å². The Hall–Kier alpha value is -1.32. The van der Waals surface area contributed by atoms with Gasteiger partial charge in [0.15, 0.2) is 0 Å². The largest absolute Gasteiger partial charge is 0.324 e. The van der Waals surface area contributed by atoms with Crippen molar-refractivity contribution >= 4 is 11.8 Å². The molecular weight excluding hydrogens is 281 g/mol. The van der Waals surface area contributed by atoms with Crippen molar-refractivity contribution in [2.24, 2.45) is 5.73 Å². The van der Waals surface area contributed by atoms with Crippen molar-refractivity contribution in [3.8, 4) is 0 Å². The van der Waals surface area contributed by atoms with Crippen molar-refractivity contribution in [2.45, 2.75) is 48.9 Å². The Balaban J connectivity index is 1.95. The van der Waals surface area contributed by atoms with Gasteiger partial charge in [-0.2, -0.15) is 0 Å². The highest BCUT2D eigenvalue weighted by atomic mass is 32.2. The molecule has 3 rings (SSSR count). The maximum Gasteiger partial charge on any atom is 0.126 e. The minimum absolute atomic E-state index is 0.169. The molecule has 0 radical (unpaired) electrons. The highest BCUT2D eigenvalue weighted by molar-refractivity contribution is 7.99. The molecule has 3 heteroatoms. The fourth-order valence-electron chi connectivity index (χ4n) is 2.85. The number of halogens is 1. The number of fused-ring (bicyclic) bond motifs is 1. The van der Waals surface area contributed by atoms with Crippen LogP contribution in [0.15, 0.2) is 40.1 Å². The van der Waals surface area contributed by atoms with Gasteiger partial charge in [0.2, 0.25) is 0 Å². The van der Waals surface area contributed by atoms with Gasteiger partial charge in [-0.25, -0.2) is 4.39 Å². The zero-order valence-corrected chi connectivity index (χ0v) is 13.3. The van der Waals surface area contributed by atoms with E-state index in [1.165, 1.54) is 35.3 Å². The summed E-state index contributed by atoms with van der Waals surface area (Å²) in [5.74, 6) is -0.180. The second-order valence-electron chi connectivity index (χ2n) is 5.81. The fourth-order valence-corrected chi connectivity index (χ4v) is 4.04. The molecule has 0 saturated carbocycles. The van der Waals surface area contributed by atoms with Gasteiger partial charge in [-0.15, -0.1) is 0 Å². The van der Waals surface area contributed by atoms with Crippen molar-refractivity contribution in [3.63, 3.8) is 0 Å². The molecule has 1 aliphatic carbocycles. The Morgan fingerprint density at radius 2 is 1.90 bits per heavy atom. The molecule has 110 valence electrons. The van der Waals surface area contributed by atoms with Gasteiger partial charge < -0.3 is 5.73 Å². The highest BCUT2D eigenvalue weighted by Crippen LogP contribution is 2.36. The summed E-state index contributed by atoms with van der Waals surface area (Å²) in [4.78, 5) is 2.27. The second-order valence-corrected chi connectivity index (χ2v) is 6.93. The molecule has 0 spiro atoms. The second kappa shape index (κ2) is 5.82. The Kier molecular flexibility index (Phi) is 4.05. The molecule has 2 N–H and O–H groups in total. The van der Waals surface area contributed by atoms with Crippen LogP contribution in [0.25, 0.3) is 0 Å². The molecule has 0 fully saturated rings. The summed E-state index contributed by atoms with van der Waals surface area (Å²) in [5, 5.41) is 0. The Labute approximate surface area is 129 Å². The first-order valence-electron chi connectivity index (χ1n) is 7.40. The third kappa shape index (κ3) is 2.99. The third-order valence-corrected chi connectivity index (χ3v) is 5.14. The average Bonchev–Trinajstić information content (AvgIpc) is 2.89. The first-order valence-corrected chi connectivity index (χ1v) is 8.21. The van der Waals surface area contributed by atoms with Gasteiger partial charge >= 0.3 is 0 Å². The Bertz CT molecular complexity index is 679. The van der Waals surface area contributed by atoms with Gasteiger partial charge in [0.25, 0.3) is 0 Å². The van der Waals surface area contributed by atoms with Crippen molar-refractivity contribution in [1.82, 2.24) is 0 Å². The summed E-state index contributed by atoms with van der Waals surface area (Å²) < 4.78 is 13.8. The van der Waals surface area contributed by atoms with Crippen LogP contribution in [0.2, 0.25) is 0 Å². The number of benzene rings is 2. The van der Waals surface area contributed by atoms with Gasteiger partial charge in [-0.05, 0) is 79.6 Å². The van der Waals surface area contributed by atoms with Gasteiger partial charge in [-0.1, -0.05) is 17.8 Å². The molecule has 2 aromatic rings. The molecule has 0 amide bonds. The fraction of sp³-hybridized carbons (Fsp3) is 0.333. The molecule has 0 heterocycles. The van der Waals surface area contributed by atoms with Crippen LogP contribution in [-0.2, 0) is 12.8 Å². The molecular formula is C18H20FNS. The van der Waals surface area contributed by atoms with E-state index >= 15 is 0 Å². The zero-order valence-electron chi connectivity index (χ0n) is 12.4. The Morgan fingerprint density at radius 3 is 2.67 bits per heavy atom. The summed E-state index contributed by atoms with van der Waals surface area (Å²) in [5.41, 5.74) is 10.5. The van der Waals surface area contributed by atoms with Crippen LogP contribution in [0.5, 0.6) is 0 Å². The maximum absolute atomic E-state index is 13.8. The SMILES string of the molecule is Cc1cc(Sc2ccc3c(c2)CCC3)c([C@H](C)N)cc1F. The van der Waals surface area contributed by atoms with Gasteiger partial charge in [0, 0.05) is 15.8 Å². The highest BCUT2D eigenvalue weighted by Gasteiger charge is 2.14. The van der Waals surface area contributed by atoms with E-state index in [1.54, 1.807) is 24.8 Å². The quantitative estimate of drug-likeness (QED) is 0.881. The number of hydrogen-bond acceptors (Lipinski definition) is 2. The lowest BCUT2D eigenvalue weighted by Crippen LogP contribution is -2.07. The first kappa shape index (κ1) is 14.6. The molecule has 21 heavy (non-hydrogen) atoms. The predicted molar refractivity (Wildman–Crippen MR) is 86.3 cm³/mol. The van der Waals surface area contributed by atoms with Gasteiger partial charge in [-0.3, -0.25) is 0 Å². The van der Waals surface area contributed by atoms with Gasteiger partial charge in [0.05, 0.1) is 0 Å². The van der Waals surface area contributed by atoms with E-state index in [-0.39, 0.29) is 11.9 Å². The van der Waals surface area contributed by atoms with Crippen molar-refractivity contribution < 1.29 is 4.39 Å². The zero-order chi connectivity index (χ0) is 15.0. The van der Waals surface area contributed by atoms with Crippen LogP contribution < -0.4 is 5.73 Å². The molecule has 1 nitrogen and oxygen atoms in total. The van der Waals surface area contributed by atoms with Crippen LogP contribution in [0.3, 0.4) is 0 Å². The molecule has 2 aromatic carbocycles. The lowest BCUT2D eigenvalue weighted by atomic mass is 10.1. The number of hydrogen-bond donors (Lipinski definition) is 1. The monoisotopic (exact) mass is 301 g/mol. The first-order chi connectivity index (χ1) is 10.0. The van der Waals surface area contributed by atoms with E-state index in [9.17, 15) is 4.39 Å². The van der Waals surface area contributed by atoms with E-state index in [2.05, 4.69) is 18.2 Å². The van der Waals surface area contributed by atoms with E-state index in [1.807, 2.05) is 13.0 Å². The number of nitrogens with two attached hydrogens (primary N) is 1. The van der Waals surface area contributed by atoms with Crippen LogP contribution >= 0.6 is 11.8 Å². The van der Waals surface area contributed by atoms with Crippen LogP contribution in [0.4, 0.5) is 4.39 Å². The van der Waals surface area contributed by atoms with Crippen LogP contribution in [-0.4, -0.2) is 0 Å². The van der Waals surface area contributed by atoms with Crippen molar-refractivity contribution in [1.29, 1.82) is 0 Å². The predicted octanol–water partition coefficient (Wildman–Crippen LogP) is 4.79. The van der Waals surface area contributed by atoms with Gasteiger partial charge in [0.1, 0.15) is 5.82 Å². The minimum atomic E-state index is -0.180. The molecule has 0 saturated heterocycles. The summed E-state index contributed by atoms with van der Waals surface area (Å²) in [6.45, 7) is 3.70. The lowest BCUT2D eigenvalue weighted by molar-refractivity contribution is 0.610. The molecule has 1 atom stereocenters. The molecule has 0 bridgehead atoms. The topological polar surface area (TPSA) is 26.0 Å². The summed E-state index contributed by atoms with van der Waals surface area (Å²) >= 11 is 1.68. The molecule has 0 aromatic heterocycles. The van der Waals surface area contributed by atoms with Crippen LogP contribution in [0.1, 0.15) is 41.6 Å². The lowest BCUT2D eigenvalue weighted by Gasteiger charge is -2.14. The molecule has 1 aliphatic rings. The van der Waals surface area contributed by atoms with Crippen molar-refractivity contribution in [3.05, 3.63) is 58.4 Å². The third-order valence-electron chi connectivity index (χ3n) is 4.08. The number of rotatable bonds is 3. The number of aryl methyl sites for hydroxylation is 3.